The SMILES string of the molecule is Cc1cnc(CN(C)C(=O)[C@@H]2CCCN(C3CCN(C(C)C)CC3)C2)[nH]1. The number of hydrogen-bond acceptors (Lipinski definition) is 4. The van der Waals surface area contributed by atoms with Gasteiger partial charge in [-0.05, 0) is 66.1 Å². The summed E-state index contributed by atoms with van der Waals surface area (Å²) >= 11 is 0. The van der Waals surface area contributed by atoms with E-state index in [1.165, 1.54) is 25.9 Å². The fraction of sp³-hybridized carbons (Fsp3) is 0.800. The first-order valence-electron chi connectivity index (χ1n) is 10.2. The summed E-state index contributed by atoms with van der Waals surface area (Å²) in [6, 6.07) is 1.30. The van der Waals surface area contributed by atoms with Gasteiger partial charge in [0.1, 0.15) is 5.82 Å². The van der Waals surface area contributed by atoms with E-state index in [9.17, 15) is 4.79 Å². The van der Waals surface area contributed by atoms with Crippen LogP contribution in [-0.2, 0) is 11.3 Å². The molecule has 0 saturated carbocycles. The van der Waals surface area contributed by atoms with Crippen molar-refractivity contribution < 1.29 is 4.79 Å². The quantitative estimate of drug-likeness (QED) is 0.874. The Morgan fingerprint density at radius 2 is 2.04 bits per heavy atom. The van der Waals surface area contributed by atoms with Crippen LogP contribution < -0.4 is 0 Å². The van der Waals surface area contributed by atoms with Crippen LogP contribution in [0.4, 0.5) is 0 Å². The minimum atomic E-state index is 0.132. The smallest absolute Gasteiger partial charge is 0.227 e. The Bertz CT molecular complexity index is 591. The Balaban J connectivity index is 1.52. The lowest BCUT2D eigenvalue weighted by Gasteiger charge is -2.43. The molecule has 1 aromatic heterocycles. The van der Waals surface area contributed by atoms with Crippen LogP contribution in [0.5, 0.6) is 0 Å². The van der Waals surface area contributed by atoms with Gasteiger partial charge in [0.05, 0.1) is 12.5 Å². The molecule has 3 rings (SSSR count). The van der Waals surface area contributed by atoms with Gasteiger partial charge in [-0.2, -0.15) is 0 Å². The number of carbonyl (C=O) groups excluding carboxylic acids is 1. The number of amides is 1. The molecule has 0 radical (unpaired) electrons. The van der Waals surface area contributed by atoms with Crippen LogP contribution >= 0.6 is 0 Å². The summed E-state index contributed by atoms with van der Waals surface area (Å²) in [4.78, 5) is 27.5. The van der Waals surface area contributed by atoms with Crippen molar-refractivity contribution in [1.29, 1.82) is 0 Å². The predicted octanol–water partition coefficient (Wildman–Crippen LogP) is 2.26. The van der Waals surface area contributed by atoms with E-state index < -0.39 is 0 Å². The van der Waals surface area contributed by atoms with E-state index >= 15 is 0 Å². The zero-order valence-electron chi connectivity index (χ0n) is 16.9. The maximum Gasteiger partial charge on any atom is 0.227 e. The molecule has 2 fully saturated rings. The number of aromatic amines is 1. The second-order valence-corrected chi connectivity index (χ2v) is 8.40. The summed E-state index contributed by atoms with van der Waals surface area (Å²) in [5, 5.41) is 0. The molecule has 2 aliphatic rings. The van der Waals surface area contributed by atoms with Crippen molar-refractivity contribution in [2.45, 2.75) is 65.1 Å². The number of nitrogens with zero attached hydrogens (tertiary/aromatic N) is 4. The lowest BCUT2D eigenvalue weighted by atomic mass is 9.92. The summed E-state index contributed by atoms with van der Waals surface area (Å²) in [7, 11) is 1.90. The number of hydrogen-bond donors (Lipinski definition) is 1. The van der Waals surface area contributed by atoms with Crippen LogP contribution in [0.1, 0.15) is 51.0 Å². The predicted molar refractivity (Wildman–Crippen MR) is 104 cm³/mol. The molecule has 2 saturated heterocycles. The van der Waals surface area contributed by atoms with E-state index in [-0.39, 0.29) is 11.8 Å². The highest BCUT2D eigenvalue weighted by Gasteiger charge is 2.33. The van der Waals surface area contributed by atoms with Crippen molar-refractivity contribution in [3.8, 4) is 0 Å². The lowest BCUT2D eigenvalue weighted by Crippen LogP contribution is -2.51. The highest BCUT2D eigenvalue weighted by Crippen LogP contribution is 2.25. The standard InChI is InChI=1S/C20H35N5O/c1-15(2)24-10-7-18(8-11-24)25-9-5-6-17(13-25)20(26)23(4)14-19-21-12-16(3)22-19/h12,15,17-18H,5-11,13-14H2,1-4H3,(H,21,22)/t17-/m1/s1. The molecule has 6 heteroatoms. The molecular weight excluding hydrogens is 326 g/mol. The van der Waals surface area contributed by atoms with Crippen molar-refractivity contribution in [2.24, 2.45) is 5.92 Å². The third-order valence-electron chi connectivity index (χ3n) is 6.07. The van der Waals surface area contributed by atoms with E-state index in [2.05, 4.69) is 33.6 Å². The Kier molecular flexibility index (Phi) is 6.35. The molecule has 1 amide bonds. The Hall–Kier alpha value is -1.40. The Labute approximate surface area is 157 Å². The number of carbonyl (C=O) groups is 1. The number of piperidine rings is 2. The Morgan fingerprint density at radius 3 is 2.65 bits per heavy atom. The van der Waals surface area contributed by atoms with Crippen molar-refractivity contribution in [1.82, 2.24) is 24.7 Å². The molecule has 0 aromatic carbocycles. The molecular formula is C20H35N5O. The molecule has 0 spiro atoms. The van der Waals surface area contributed by atoms with Gasteiger partial charge < -0.3 is 14.8 Å². The van der Waals surface area contributed by atoms with Crippen molar-refractivity contribution in [3.63, 3.8) is 0 Å². The fourth-order valence-corrected chi connectivity index (χ4v) is 4.47. The van der Waals surface area contributed by atoms with Gasteiger partial charge in [-0.25, -0.2) is 4.98 Å². The normalized spacial score (nSPS) is 23.5. The van der Waals surface area contributed by atoms with E-state index in [4.69, 9.17) is 0 Å². The Morgan fingerprint density at radius 1 is 1.31 bits per heavy atom. The second kappa shape index (κ2) is 8.53. The van der Waals surface area contributed by atoms with Gasteiger partial charge in [-0.15, -0.1) is 0 Å². The van der Waals surface area contributed by atoms with Crippen LogP contribution in [0, 0.1) is 12.8 Å². The number of rotatable bonds is 5. The zero-order valence-corrected chi connectivity index (χ0v) is 16.9. The zero-order chi connectivity index (χ0) is 18.7. The van der Waals surface area contributed by atoms with E-state index in [0.717, 1.165) is 37.4 Å². The summed E-state index contributed by atoms with van der Waals surface area (Å²) < 4.78 is 0. The highest BCUT2D eigenvalue weighted by molar-refractivity contribution is 5.78. The molecule has 26 heavy (non-hydrogen) atoms. The largest absolute Gasteiger partial charge is 0.345 e. The number of H-pyrrole nitrogens is 1. The number of nitrogens with one attached hydrogen (secondary N) is 1. The highest BCUT2D eigenvalue weighted by atomic mass is 16.2. The van der Waals surface area contributed by atoms with Gasteiger partial charge >= 0.3 is 0 Å². The molecule has 1 aromatic rings. The number of imidazole rings is 1. The molecule has 1 N–H and O–H groups in total. The third-order valence-corrected chi connectivity index (χ3v) is 6.07. The average Bonchev–Trinajstić information content (AvgIpc) is 3.06. The summed E-state index contributed by atoms with van der Waals surface area (Å²) in [6.07, 6.45) is 6.44. The lowest BCUT2D eigenvalue weighted by molar-refractivity contribution is -0.137. The van der Waals surface area contributed by atoms with Crippen LogP contribution in [0.2, 0.25) is 0 Å². The van der Waals surface area contributed by atoms with E-state index in [1.807, 2.05) is 25.1 Å². The van der Waals surface area contributed by atoms with Gasteiger partial charge in [-0.1, -0.05) is 0 Å². The van der Waals surface area contributed by atoms with Gasteiger partial charge in [-0.3, -0.25) is 9.69 Å². The van der Waals surface area contributed by atoms with Crippen molar-refractivity contribution in [2.75, 3.05) is 33.2 Å². The van der Waals surface area contributed by atoms with Crippen molar-refractivity contribution in [3.05, 3.63) is 17.7 Å². The number of aryl methyl sites for hydroxylation is 1. The molecule has 146 valence electrons. The average molecular weight is 362 g/mol. The molecule has 1 atom stereocenters. The molecule has 3 heterocycles. The number of likely N-dealkylation sites (tertiary alicyclic amines) is 2. The van der Waals surface area contributed by atoms with Crippen LogP contribution in [-0.4, -0.2) is 75.9 Å². The van der Waals surface area contributed by atoms with Crippen LogP contribution in [0.3, 0.4) is 0 Å². The number of aromatic nitrogens is 2. The summed E-state index contributed by atoms with van der Waals surface area (Å²) in [5.74, 6) is 1.27. The van der Waals surface area contributed by atoms with E-state index in [1.54, 1.807) is 0 Å². The molecule has 6 nitrogen and oxygen atoms in total. The molecule has 0 unspecified atom stereocenters. The maximum absolute atomic E-state index is 12.9. The van der Waals surface area contributed by atoms with Crippen molar-refractivity contribution >= 4 is 5.91 Å². The van der Waals surface area contributed by atoms with Crippen LogP contribution in [0.15, 0.2) is 6.20 Å². The second-order valence-electron chi connectivity index (χ2n) is 8.40. The molecule has 0 bridgehead atoms. The maximum atomic E-state index is 12.9. The third kappa shape index (κ3) is 4.65. The fourth-order valence-electron chi connectivity index (χ4n) is 4.47. The molecule has 0 aliphatic carbocycles. The van der Waals surface area contributed by atoms with Crippen LogP contribution in [0.25, 0.3) is 0 Å². The minimum Gasteiger partial charge on any atom is -0.345 e. The molecule has 2 aliphatic heterocycles. The van der Waals surface area contributed by atoms with Gasteiger partial charge in [0, 0.05) is 37.6 Å². The van der Waals surface area contributed by atoms with Gasteiger partial charge in [0.2, 0.25) is 5.91 Å². The monoisotopic (exact) mass is 361 g/mol. The topological polar surface area (TPSA) is 55.5 Å². The first kappa shape index (κ1) is 19.4. The summed E-state index contributed by atoms with van der Waals surface area (Å²) in [5.41, 5.74) is 1.04. The summed E-state index contributed by atoms with van der Waals surface area (Å²) in [6.45, 7) is 11.6. The first-order valence-corrected chi connectivity index (χ1v) is 10.2. The van der Waals surface area contributed by atoms with Gasteiger partial charge in [0.15, 0.2) is 0 Å². The minimum absolute atomic E-state index is 0.132. The van der Waals surface area contributed by atoms with E-state index in [0.29, 0.717) is 18.6 Å². The first-order chi connectivity index (χ1) is 12.4. The van der Waals surface area contributed by atoms with Gasteiger partial charge in [0.25, 0.3) is 0 Å².